The number of fused-ring (bicyclic) bond motifs is 1. The number of carbonyl (C=O) groups excluding carboxylic acids is 1. The van der Waals surface area contributed by atoms with E-state index in [1.165, 1.54) is 0 Å². The second-order valence-electron chi connectivity index (χ2n) is 5.37. The minimum absolute atomic E-state index is 0.0176. The first kappa shape index (κ1) is 16.3. The summed E-state index contributed by atoms with van der Waals surface area (Å²) in [5.41, 5.74) is 2.64. The average Bonchev–Trinajstić information content (AvgIpc) is 3.00. The van der Waals surface area contributed by atoms with Gasteiger partial charge < -0.3 is 14.5 Å². The number of aromatic nitrogens is 2. The molecule has 124 valence electrons. The number of benzene rings is 1. The summed E-state index contributed by atoms with van der Waals surface area (Å²) in [4.78, 5) is 16.4. The number of nitrogens with zero attached hydrogens (tertiary/aromatic N) is 2. The first-order valence-electron chi connectivity index (χ1n) is 7.76. The summed E-state index contributed by atoms with van der Waals surface area (Å²) >= 11 is 5.94. The summed E-state index contributed by atoms with van der Waals surface area (Å²) in [6.45, 7) is 2.38. The van der Waals surface area contributed by atoms with Crippen molar-refractivity contribution in [3.05, 3.63) is 65.1 Å². The van der Waals surface area contributed by atoms with Crippen molar-refractivity contribution in [3.8, 4) is 5.75 Å². The van der Waals surface area contributed by atoms with Gasteiger partial charge in [0.2, 0.25) is 0 Å². The average molecular weight is 344 g/mol. The Labute approximate surface area is 145 Å². The van der Waals surface area contributed by atoms with Crippen molar-refractivity contribution >= 4 is 23.2 Å². The molecular weight excluding hydrogens is 326 g/mol. The van der Waals surface area contributed by atoms with Crippen molar-refractivity contribution in [2.24, 2.45) is 0 Å². The van der Waals surface area contributed by atoms with Gasteiger partial charge in [0, 0.05) is 12.4 Å². The third-order valence-corrected chi connectivity index (χ3v) is 3.87. The zero-order valence-electron chi connectivity index (χ0n) is 13.3. The molecule has 0 bridgehead atoms. The lowest BCUT2D eigenvalue weighted by atomic mass is 10.1. The molecule has 0 atom stereocenters. The number of nitrogens with one attached hydrogen (secondary N) is 1. The Bertz CT molecular complexity index is 860. The third-order valence-electron chi connectivity index (χ3n) is 3.64. The van der Waals surface area contributed by atoms with E-state index in [-0.39, 0.29) is 12.5 Å². The van der Waals surface area contributed by atoms with E-state index in [0.717, 1.165) is 29.1 Å². The molecule has 0 aliphatic rings. The summed E-state index contributed by atoms with van der Waals surface area (Å²) in [7, 11) is 0. The Morgan fingerprint density at radius 3 is 2.92 bits per heavy atom. The lowest BCUT2D eigenvalue weighted by molar-refractivity contribution is -0.123. The maximum atomic E-state index is 12.0. The standard InChI is InChI=1S/C18H18ClN3O2/c1-2-13-5-3-4-6-16(13)24-12-18(23)20-9-15-11-22-10-14(19)7-8-17(22)21-15/h3-8,10-11H,2,9,12H2,1H3,(H,20,23). The molecule has 1 N–H and O–H groups in total. The maximum Gasteiger partial charge on any atom is 0.258 e. The van der Waals surface area contributed by atoms with Crippen LogP contribution in [0.2, 0.25) is 5.02 Å². The highest BCUT2D eigenvalue weighted by Gasteiger charge is 2.07. The molecule has 2 heterocycles. The van der Waals surface area contributed by atoms with Crippen molar-refractivity contribution in [1.29, 1.82) is 0 Å². The van der Waals surface area contributed by atoms with Gasteiger partial charge in [0.05, 0.1) is 17.3 Å². The molecule has 0 aliphatic carbocycles. The van der Waals surface area contributed by atoms with Gasteiger partial charge in [0.15, 0.2) is 6.61 Å². The van der Waals surface area contributed by atoms with Gasteiger partial charge in [-0.25, -0.2) is 4.98 Å². The molecule has 6 heteroatoms. The van der Waals surface area contributed by atoms with Crippen LogP contribution in [0.3, 0.4) is 0 Å². The number of imidazole rings is 1. The van der Waals surface area contributed by atoms with Crippen LogP contribution in [0.1, 0.15) is 18.2 Å². The van der Waals surface area contributed by atoms with E-state index in [4.69, 9.17) is 16.3 Å². The van der Waals surface area contributed by atoms with E-state index in [1.54, 1.807) is 12.3 Å². The van der Waals surface area contributed by atoms with Gasteiger partial charge in [-0.2, -0.15) is 0 Å². The number of ether oxygens (including phenoxy) is 1. The van der Waals surface area contributed by atoms with E-state index in [0.29, 0.717) is 11.6 Å². The first-order chi connectivity index (χ1) is 11.7. The quantitative estimate of drug-likeness (QED) is 0.747. The normalized spacial score (nSPS) is 10.8. The summed E-state index contributed by atoms with van der Waals surface area (Å²) in [6.07, 6.45) is 4.48. The number of halogens is 1. The first-order valence-corrected chi connectivity index (χ1v) is 8.14. The summed E-state index contributed by atoms with van der Waals surface area (Å²) in [6, 6.07) is 11.3. The zero-order chi connectivity index (χ0) is 16.9. The van der Waals surface area contributed by atoms with Crippen LogP contribution in [0.25, 0.3) is 5.65 Å². The molecule has 0 aliphatic heterocycles. The van der Waals surface area contributed by atoms with Crippen molar-refractivity contribution in [2.75, 3.05) is 6.61 Å². The van der Waals surface area contributed by atoms with Crippen LogP contribution in [0.5, 0.6) is 5.75 Å². The summed E-state index contributed by atoms with van der Waals surface area (Å²) < 4.78 is 7.43. The molecule has 24 heavy (non-hydrogen) atoms. The van der Waals surface area contributed by atoms with Crippen LogP contribution in [0.15, 0.2) is 48.8 Å². The number of rotatable bonds is 6. The highest BCUT2D eigenvalue weighted by molar-refractivity contribution is 6.30. The largest absolute Gasteiger partial charge is 0.483 e. The summed E-state index contributed by atoms with van der Waals surface area (Å²) in [5.74, 6) is 0.563. The van der Waals surface area contributed by atoms with Crippen LogP contribution in [0, 0.1) is 0 Å². The Morgan fingerprint density at radius 1 is 1.25 bits per heavy atom. The predicted molar refractivity (Wildman–Crippen MR) is 93.4 cm³/mol. The maximum absolute atomic E-state index is 12.0. The van der Waals surface area contributed by atoms with E-state index in [1.807, 2.05) is 40.9 Å². The number of hydrogen-bond donors (Lipinski definition) is 1. The number of carbonyl (C=O) groups is 1. The smallest absolute Gasteiger partial charge is 0.258 e. The monoisotopic (exact) mass is 343 g/mol. The predicted octanol–water partition coefficient (Wildman–Crippen LogP) is 3.25. The SMILES string of the molecule is CCc1ccccc1OCC(=O)NCc1cn2cc(Cl)ccc2n1. The van der Waals surface area contributed by atoms with Gasteiger partial charge in [-0.05, 0) is 30.2 Å². The van der Waals surface area contributed by atoms with Crippen LogP contribution >= 0.6 is 11.6 Å². The second-order valence-corrected chi connectivity index (χ2v) is 5.81. The van der Waals surface area contributed by atoms with Crippen LogP contribution in [-0.2, 0) is 17.8 Å². The van der Waals surface area contributed by atoms with Gasteiger partial charge >= 0.3 is 0 Å². The molecule has 1 amide bonds. The Hall–Kier alpha value is -2.53. The topological polar surface area (TPSA) is 55.6 Å². The molecule has 3 rings (SSSR count). The molecule has 0 radical (unpaired) electrons. The molecule has 0 saturated carbocycles. The van der Waals surface area contributed by atoms with Gasteiger partial charge in [0.1, 0.15) is 11.4 Å². The number of pyridine rings is 1. The summed E-state index contributed by atoms with van der Waals surface area (Å²) in [5, 5.41) is 3.45. The molecule has 0 fully saturated rings. The molecular formula is C18H18ClN3O2. The van der Waals surface area contributed by atoms with Gasteiger partial charge in [-0.3, -0.25) is 4.79 Å². The fourth-order valence-corrected chi connectivity index (χ4v) is 2.59. The third kappa shape index (κ3) is 3.86. The van der Waals surface area contributed by atoms with Crippen LogP contribution < -0.4 is 10.1 Å². The Morgan fingerprint density at radius 2 is 2.08 bits per heavy atom. The van der Waals surface area contributed by atoms with Gasteiger partial charge in [-0.1, -0.05) is 36.7 Å². The lowest BCUT2D eigenvalue weighted by Gasteiger charge is -2.10. The molecule has 5 nitrogen and oxygen atoms in total. The minimum atomic E-state index is -0.184. The van der Waals surface area contributed by atoms with E-state index < -0.39 is 0 Å². The number of amides is 1. The van der Waals surface area contributed by atoms with E-state index in [2.05, 4.69) is 17.2 Å². The fourth-order valence-electron chi connectivity index (χ4n) is 2.42. The molecule has 0 spiro atoms. The number of hydrogen-bond acceptors (Lipinski definition) is 3. The van der Waals surface area contributed by atoms with Crippen molar-refractivity contribution in [3.63, 3.8) is 0 Å². The highest BCUT2D eigenvalue weighted by atomic mass is 35.5. The fraction of sp³-hybridized carbons (Fsp3) is 0.222. The molecule has 3 aromatic rings. The minimum Gasteiger partial charge on any atom is -0.483 e. The van der Waals surface area contributed by atoms with Crippen molar-refractivity contribution < 1.29 is 9.53 Å². The molecule has 1 aromatic carbocycles. The van der Waals surface area contributed by atoms with Gasteiger partial charge in [0.25, 0.3) is 5.91 Å². The van der Waals surface area contributed by atoms with E-state index >= 15 is 0 Å². The number of para-hydroxylation sites is 1. The Kier molecular flexibility index (Phi) is 5.01. The van der Waals surface area contributed by atoms with E-state index in [9.17, 15) is 4.79 Å². The van der Waals surface area contributed by atoms with Crippen molar-refractivity contribution in [2.45, 2.75) is 19.9 Å². The Balaban J connectivity index is 1.55. The second kappa shape index (κ2) is 7.36. The molecule has 0 saturated heterocycles. The zero-order valence-corrected chi connectivity index (χ0v) is 14.1. The lowest BCUT2D eigenvalue weighted by Crippen LogP contribution is -2.28. The number of aryl methyl sites for hydroxylation is 1. The van der Waals surface area contributed by atoms with Crippen LogP contribution in [0.4, 0.5) is 0 Å². The van der Waals surface area contributed by atoms with Gasteiger partial charge in [-0.15, -0.1) is 0 Å². The van der Waals surface area contributed by atoms with Crippen LogP contribution in [-0.4, -0.2) is 21.9 Å². The molecule has 2 aromatic heterocycles. The van der Waals surface area contributed by atoms with Crippen molar-refractivity contribution in [1.82, 2.24) is 14.7 Å². The highest BCUT2D eigenvalue weighted by Crippen LogP contribution is 2.18. The molecule has 0 unspecified atom stereocenters.